The topological polar surface area (TPSA) is 43.1 Å². The van der Waals surface area contributed by atoms with Gasteiger partial charge in [-0.15, -0.1) is 10.2 Å². The van der Waals surface area contributed by atoms with E-state index in [0.717, 1.165) is 33.6 Å². The summed E-state index contributed by atoms with van der Waals surface area (Å²) in [5, 5.41) is 10.4. The zero-order valence-electron chi connectivity index (χ0n) is 11.3. The molecule has 0 saturated heterocycles. The summed E-state index contributed by atoms with van der Waals surface area (Å²) in [6, 6.07) is 13.6. The summed E-state index contributed by atoms with van der Waals surface area (Å²) in [7, 11) is 0. The van der Waals surface area contributed by atoms with Crippen molar-refractivity contribution in [3.8, 4) is 11.5 Å². The highest BCUT2D eigenvalue weighted by Gasteiger charge is 2.13. The highest BCUT2D eigenvalue weighted by molar-refractivity contribution is 6.31. The van der Waals surface area contributed by atoms with E-state index >= 15 is 0 Å². The second-order valence-corrected chi connectivity index (χ2v) is 5.36. The van der Waals surface area contributed by atoms with Gasteiger partial charge >= 0.3 is 0 Å². The lowest BCUT2D eigenvalue weighted by atomic mass is 10.1. The van der Waals surface area contributed by atoms with Gasteiger partial charge in [-0.2, -0.15) is 0 Å². The third-order valence-corrected chi connectivity index (χ3v) is 3.79. The monoisotopic (exact) mass is 294 g/mol. The molecular formula is C16H11ClN4. The second kappa shape index (κ2) is 4.53. The lowest BCUT2D eigenvalue weighted by Crippen LogP contribution is -1.95. The van der Waals surface area contributed by atoms with E-state index in [1.807, 2.05) is 46.9 Å². The van der Waals surface area contributed by atoms with Crippen LogP contribution in [0.15, 0.2) is 48.7 Å². The minimum atomic E-state index is 0.690. The second-order valence-electron chi connectivity index (χ2n) is 4.92. The summed E-state index contributed by atoms with van der Waals surface area (Å²) in [5.74, 6) is 0.720. The van der Waals surface area contributed by atoms with Crippen molar-refractivity contribution in [3.05, 3.63) is 59.2 Å². The maximum atomic E-state index is 6.17. The van der Waals surface area contributed by atoms with Crippen LogP contribution in [0.3, 0.4) is 0 Å². The number of fused-ring (bicyclic) bond motifs is 3. The Morgan fingerprint density at radius 3 is 2.76 bits per heavy atom. The number of hydrogen-bond donors (Lipinski definition) is 0. The Morgan fingerprint density at radius 2 is 1.95 bits per heavy atom. The van der Waals surface area contributed by atoms with E-state index in [4.69, 9.17) is 11.6 Å². The van der Waals surface area contributed by atoms with Gasteiger partial charge in [0.1, 0.15) is 5.69 Å². The average molecular weight is 295 g/mol. The van der Waals surface area contributed by atoms with Crippen molar-refractivity contribution in [2.24, 2.45) is 0 Å². The third kappa shape index (κ3) is 1.87. The van der Waals surface area contributed by atoms with Crippen LogP contribution in [0.4, 0.5) is 0 Å². The van der Waals surface area contributed by atoms with Gasteiger partial charge in [-0.25, -0.2) is 0 Å². The minimum absolute atomic E-state index is 0.690. The molecule has 0 spiro atoms. The maximum absolute atomic E-state index is 6.17. The van der Waals surface area contributed by atoms with E-state index < -0.39 is 0 Å². The van der Waals surface area contributed by atoms with Gasteiger partial charge in [-0.3, -0.25) is 9.38 Å². The number of aryl methyl sites for hydroxylation is 1. The van der Waals surface area contributed by atoms with Crippen LogP contribution in [0.2, 0.25) is 5.02 Å². The van der Waals surface area contributed by atoms with Crippen molar-refractivity contribution in [3.63, 3.8) is 0 Å². The number of pyridine rings is 2. The molecule has 0 amide bonds. The number of rotatable bonds is 1. The molecule has 0 aliphatic carbocycles. The van der Waals surface area contributed by atoms with Gasteiger partial charge in [0.25, 0.3) is 0 Å². The molecule has 0 N–H and O–H groups in total. The highest BCUT2D eigenvalue weighted by Crippen LogP contribution is 2.27. The van der Waals surface area contributed by atoms with Crippen LogP contribution in [0, 0.1) is 6.92 Å². The van der Waals surface area contributed by atoms with Gasteiger partial charge in [0.2, 0.25) is 0 Å². The van der Waals surface area contributed by atoms with E-state index in [9.17, 15) is 0 Å². The number of hydrogen-bond acceptors (Lipinski definition) is 3. The van der Waals surface area contributed by atoms with Crippen LogP contribution in [-0.2, 0) is 0 Å². The Kier molecular flexibility index (Phi) is 2.65. The summed E-state index contributed by atoms with van der Waals surface area (Å²) in [4.78, 5) is 4.37. The predicted octanol–water partition coefficient (Wildman–Crippen LogP) is 3.91. The lowest BCUT2D eigenvalue weighted by Gasteiger charge is -2.07. The van der Waals surface area contributed by atoms with E-state index in [2.05, 4.69) is 22.1 Å². The molecule has 5 heteroatoms. The van der Waals surface area contributed by atoms with Gasteiger partial charge in [0.15, 0.2) is 11.5 Å². The third-order valence-electron chi connectivity index (χ3n) is 3.55. The molecule has 0 aliphatic heterocycles. The van der Waals surface area contributed by atoms with Crippen molar-refractivity contribution in [2.75, 3.05) is 0 Å². The smallest absolute Gasteiger partial charge is 0.187 e. The van der Waals surface area contributed by atoms with Crippen LogP contribution in [-0.4, -0.2) is 19.6 Å². The summed E-state index contributed by atoms with van der Waals surface area (Å²) >= 11 is 6.17. The fourth-order valence-electron chi connectivity index (χ4n) is 2.58. The van der Waals surface area contributed by atoms with Crippen LogP contribution in [0.1, 0.15) is 5.56 Å². The summed E-state index contributed by atoms with van der Waals surface area (Å²) < 4.78 is 2.00. The van der Waals surface area contributed by atoms with Crippen molar-refractivity contribution in [2.45, 2.75) is 6.92 Å². The molecule has 0 saturated carbocycles. The Balaban J connectivity index is 2.18. The maximum Gasteiger partial charge on any atom is 0.187 e. The first kappa shape index (κ1) is 12.3. The molecule has 0 unspecified atom stereocenters. The quantitative estimate of drug-likeness (QED) is 0.534. The SMILES string of the molecule is Cc1cc2nnc(-c3ccccn3)n2c2cc(Cl)ccc12. The normalized spacial score (nSPS) is 11.3. The van der Waals surface area contributed by atoms with Crippen LogP contribution in [0.5, 0.6) is 0 Å². The first-order valence-corrected chi connectivity index (χ1v) is 6.97. The first-order chi connectivity index (χ1) is 10.2. The molecule has 3 aromatic heterocycles. The minimum Gasteiger partial charge on any atom is -0.274 e. The molecule has 0 atom stereocenters. The fraction of sp³-hybridized carbons (Fsp3) is 0.0625. The molecule has 4 rings (SSSR count). The number of benzene rings is 1. The fourth-order valence-corrected chi connectivity index (χ4v) is 2.75. The van der Waals surface area contributed by atoms with E-state index in [-0.39, 0.29) is 0 Å². The Labute approximate surface area is 126 Å². The zero-order chi connectivity index (χ0) is 14.4. The van der Waals surface area contributed by atoms with Gasteiger partial charge in [0, 0.05) is 16.6 Å². The molecule has 3 heterocycles. The van der Waals surface area contributed by atoms with Crippen molar-refractivity contribution >= 4 is 28.2 Å². The standard InChI is InChI=1S/C16H11ClN4/c1-10-8-15-19-20-16(13-4-2-3-7-18-13)21(15)14-9-11(17)5-6-12(10)14/h2-9H,1H3. The molecular weight excluding hydrogens is 284 g/mol. The van der Waals surface area contributed by atoms with Gasteiger partial charge in [-0.05, 0) is 42.8 Å². The molecule has 0 aliphatic rings. The van der Waals surface area contributed by atoms with Crippen molar-refractivity contribution in [1.82, 2.24) is 19.6 Å². The first-order valence-electron chi connectivity index (χ1n) is 6.59. The Hall–Kier alpha value is -2.46. The Morgan fingerprint density at radius 1 is 1.05 bits per heavy atom. The van der Waals surface area contributed by atoms with Gasteiger partial charge < -0.3 is 0 Å². The van der Waals surface area contributed by atoms with E-state index in [0.29, 0.717) is 5.02 Å². The molecule has 21 heavy (non-hydrogen) atoms. The number of halogens is 1. The molecule has 0 fully saturated rings. The molecule has 0 bridgehead atoms. The van der Waals surface area contributed by atoms with Crippen LogP contribution >= 0.6 is 11.6 Å². The lowest BCUT2D eigenvalue weighted by molar-refractivity contribution is 1.10. The summed E-state index contributed by atoms with van der Waals surface area (Å²) in [6.45, 7) is 2.06. The van der Waals surface area contributed by atoms with Crippen LogP contribution in [0.25, 0.3) is 28.1 Å². The number of nitrogens with zero attached hydrogens (tertiary/aromatic N) is 4. The van der Waals surface area contributed by atoms with Gasteiger partial charge in [0.05, 0.1) is 5.52 Å². The number of aromatic nitrogens is 4. The molecule has 1 aromatic carbocycles. The Bertz CT molecular complexity index is 960. The predicted molar refractivity (Wildman–Crippen MR) is 83.5 cm³/mol. The van der Waals surface area contributed by atoms with E-state index in [1.54, 1.807) is 6.20 Å². The van der Waals surface area contributed by atoms with Crippen molar-refractivity contribution in [1.29, 1.82) is 0 Å². The largest absolute Gasteiger partial charge is 0.274 e. The highest BCUT2D eigenvalue weighted by atomic mass is 35.5. The van der Waals surface area contributed by atoms with Crippen LogP contribution < -0.4 is 0 Å². The summed E-state index contributed by atoms with van der Waals surface area (Å²) in [6.07, 6.45) is 1.75. The zero-order valence-corrected chi connectivity index (χ0v) is 12.0. The van der Waals surface area contributed by atoms with E-state index in [1.165, 1.54) is 0 Å². The average Bonchev–Trinajstić information content (AvgIpc) is 2.92. The van der Waals surface area contributed by atoms with Gasteiger partial charge in [-0.1, -0.05) is 23.7 Å². The summed E-state index contributed by atoms with van der Waals surface area (Å²) in [5.41, 5.74) is 3.72. The molecule has 4 nitrogen and oxygen atoms in total. The molecule has 102 valence electrons. The van der Waals surface area contributed by atoms with Crippen molar-refractivity contribution < 1.29 is 0 Å². The molecule has 0 radical (unpaired) electrons. The molecule has 4 aromatic rings.